The van der Waals surface area contributed by atoms with Gasteiger partial charge in [0.25, 0.3) is 0 Å². The maximum Gasteiger partial charge on any atom is 0.249 e. The molecule has 0 aliphatic carbocycles. The zero-order valence-electron chi connectivity index (χ0n) is 17.7. The molecule has 0 unspecified atom stereocenters. The largest absolute Gasteiger partial charge is 0.297 e. The number of hydroxylamine groups is 1. The Morgan fingerprint density at radius 1 is 0.938 bits per heavy atom. The monoisotopic (exact) mass is 489 g/mol. The van der Waals surface area contributed by atoms with E-state index in [9.17, 15) is 4.79 Å². The van der Waals surface area contributed by atoms with Gasteiger partial charge in [0, 0.05) is 23.6 Å². The van der Waals surface area contributed by atoms with Crippen LogP contribution in [0.1, 0.15) is 23.7 Å². The van der Waals surface area contributed by atoms with Gasteiger partial charge in [-0.15, -0.1) is 0 Å². The second-order valence-corrected chi connectivity index (χ2v) is 8.34. The summed E-state index contributed by atoms with van der Waals surface area (Å²) in [6.45, 7) is 2.35. The zero-order chi connectivity index (χ0) is 22.3. The number of halogens is 1. The van der Waals surface area contributed by atoms with Crippen molar-refractivity contribution in [2.75, 3.05) is 0 Å². The molecule has 0 radical (unpaired) electrons. The minimum Gasteiger partial charge on any atom is -0.297 e. The lowest BCUT2D eigenvalue weighted by atomic mass is 10.1. The second kappa shape index (κ2) is 10.5. The lowest BCUT2D eigenvalue weighted by molar-refractivity contribution is 0.00564. The van der Waals surface area contributed by atoms with E-state index in [1.807, 2.05) is 97.9 Å². The first kappa shape index (κ1) is 22.1. The Bertz CT molecular complexity index is 1160. The van der Waals surface area contributed by atoms with Gasteiger partial charge >= 0.3 is 0 Å². The molecule has 1 atom stereocenters. The molecule has 1 aromatic heterocycles. The minimum atomic E-state index is -0.182. The van der Waals surface area contributed by atoms with Gasteiger partial charge in [-0.25, -0.2) is 0 Å². The number of rotatable bonds is 8. The Labute approximate surface area is 196 Å². The summed E-state index contributed by atoms with van der Waals surface area (Å²) in [7, 11) is 0. The second-order valence-electron chi connectivity index (χ2n) is 7.55. The van der Waals surface area contributed by atoms with Crippen LogP contribution in [0.2, 0.25) is 0 Å². The number of hydrogen-bond acceptors (Lipinski definition) is 4. The van der Waals surface area contributed by atoms with Crippen molar-refractivity contribution < 1.29 is 9.63 Å². The SMILES string of the molecule is C[C@@H](CC(=O)n1nc(-c2ccccc2)c(Br)c1-c1ccccc1)NOCc1ccccc1. The van der Waals surface area contributed by atoms with E-state index in [4.69, 9.17) is 4.84 Å². The van der Waals surface area contributed by atoms with E-state index >= 15 is 0 Å². The van der Waals surface area contributed by atoms with Gasteiger partial charge in [-0.1, -0.05) is 91.0 Å². The molecular formula is C26H24BrN3O2. The maximum atomic E-state index is 13.3. The first-order valence-corrected chi connectivity index (χ1v) is 11.3. The number of hydrogen-bond donors (Lipinski definition) is 1. The number of carbonyl (C=O) groups is 1. The van der Waals surface area contributed by atoms with Crippen LogP contribution in [-0.4, -0.2) is 21.7 Å². The first-order chi connectivity index (χ1) is 15.6. The molecule has 1 N–H and O–H groups in total. The van der Waals surface area contributed by atoms with E-state index in [0.717, 1.165) is 32.6 Å². The summed E-state index contributed by atoms with van der Waals surface area (Å²) in [5.41, 5.74) is 7.38. The third kappa shape index (κ3) is 5.22. The minimum absolute atomic E-state index is 0.116. The van der Waals surface area contributed by atoms with Crippen LogP contribution in [0.25, 0.3) is 22.5 Å². The maximum absolute atomic E-state index is 13.3. The van der Waals surface area contributed by atoms with Gasteiger partial charge in [-0.2, -0.15) is 15.3 Å². The number of aromatic nitrogens is 2. The van der Waals surface area contributed by atoms with Crippen LogP contribution in [0.4, 0.5) is 0 Å². The van der Waals surface area contributed by atoms with Crippen LogP contribution < -0.4 is 5.48 Å². The fraction of sp³-hybridized carbons (Fsp3) is 0.154. The van der Waals surface area contributed by atoms with E-state index in [1.54, 1.807) is 0 Å². The van der Waals surface area contributed by atoms with E-state index in [1.165, 1.54) is 4.68 Å². The normalized spacial score (nSPS) is 11.9. The molecule has 3 aromatic carbocycles. The number of nitrogens with zero attached hydrogens (tertiary/aromatic N) is 2. The third-order valence-electron chi connectivity index (χ3n) is 5.01. The van der Waals surface area contributed by atoms with Gasteiger partial charge in [-0.05, 0) is 28.4 Å². The molecule has 0 aliphatic rings. The van der Waals surface area contributed by atoms with Crippen molar-refractivity contribution in [3.8, 4) is 22.5 Å². The summed E-state index contributed by atoms with van der Waals surface area (Å²) in [6.07, 6.45) is 0.233. The van der Waals surface area contributed by atoms with Gasteiger partial charge < -0.3 is 0 Å². The first-order valence-electron chi connectivity index (χ1n) is 10.5. The summed E-state index contributed by atoms with van der Waals surface area (Å²) >= 11 is 3.70. The van der Waals surface area contributed by atoms with Crippen LogP contribution in [0, 0.1) is 0 Å². The Balaban J connectivity index is 1.54. The van der Waals surface area contributed by atoms with E-state index in [2.05, 4.69) is 26.5 Å². The topological polar surface area (TPSA) is 56.2 Å². The summed E-state index contributed by atoms with van der Waals surface area (Å²) in [4.78, 5) is 18.9. The molecular weight excluding hydrogens is 466 g/mol. The van der Waals surface area contributed by atoms with Crippen LogP contribution in [0.3, 0.4) is 0 Å². The van der Waals surface area contributed by atoms with E-state index in [-0.39, 0.29) is 18.4 Å². The average Bonchev–Trinajstić information content (AvgIpc) is 3.18. The van der Waals surface area contributed by atoms with Crippen LogP contribution >= 0.6 is 15.9 Å². The smallest absolute Gasteiger partial charge is 0.249 e. The predicted molar refractivity (Wildman–Crippen MR) is 130 cm³/mol. The molecule has 0 saturated heterocycles. The average molecular weight is 490 g/mol. The molecule has 4 aromatic rings. The highest BCUT2D eigenvalue weighted by Gasteiger charge is 2.23. The lowest BCUT2D eigenvalue weighted by Crippen LogP contribution is -2.30. The molecule has 0 fully saturated rings. The van der Waals surface area contributed by atoms with Crippen molar-refractivity contribution in [1.29, 1.82) is 0 Å². The fourth-order valence-electron chi connectivity index (χ4n) is 3.44. The number of benzene rings is 3. The number of nitrogens with one attached hydrogen (secondary N) is 1. The molecule has 6 heteroatoms. The van der Waals surface area contributed by atoms with Crippen molar-refractivity contribution in [1.82, 2.24) is 15.3 Å². The third-order valence-corrected chi connectivity index (χ3v) is 5.76. The van der Waals surface area contributed by atoms with Crippen molar-refractivity contribution in [3.05, 3.63) is 101 Å². The van der Waals surface area contributed by atoms with Gasteiger partial charge in [-0.3, -0.25) is 9.63 Å². The zero-order valence-corrected chi connectivity index (χ0v) is 19.3. The van der Waals surface area contributed by atoms with Crippen molar-refractivity contribution in [2.24, 2.45) is 0 Å². The molecule has 0 bridgehead atoms. The molecule has 4 rings (SSSR count). The highest BCUT2D eigenvalue weighted by Crippen LogP contribution is 2.36. The Kier molecular flexibility index (Phi) is 7.27. The molecule has 32 heavy (non-hydrogen) atoms. The Morgan fingerprint density at radius 2 is 1.50 bits per heavy atom. The molecule has 0 aliphatic heterocycles. The highest BCUT2D eigenvalue weighted by atomic mass is 79.9. The molecule has 162 valence electrons. The summed E-state index contributed by atoms with van der Waals surface area (Å²) in [6, 6.07) is 29.4. The summed E-state index contributed by atoms with van der Waals surface area (Å²) in [5.74, 6) is -0.116. The quantitative estimate of drug-likeness (QED) is 0.303. The fourth-order valence-corrected chi connectivity index (χ4v) is 4.14. The van der Waals surface area contributed by atoms with Crippen molar-refractivity contribution >= 4 is 21.8 Å². The van der Waals surface area contributed by atoms with Gasteiger partial charge in [0.05, 0.1) is 16.8 Å². The van der Waals surface area contributed by atoms with Gasteiger partial charge in [0.1, 0.15) is 5.69 Å². The van der Waals surface area contributed by atoms with Gasteiger partial charge in [0.15, 0.2) is 0 Å². The van der Waals surface area contributed by atoms with E-state index < -0.39 is 0 Å². The molecule has 0 amide bonds. The van der Waals surface area contributed by atoms with E-state index in [0.29, 0.717) is 6.61 Å². The van der Waals surface area contributed by atoms with Gasteiger partial charge in [0.2, 0.25) is 5.91 Å². The van der Waals surface area contributed by atoms with Crippen molar-refractivity contribution in [2.45, 2.75) is 26.0 Å². The Hall–Kier alpha value is -3.06. The summed E-state index contributed by atoms with van der Waals surface area (Å²) in [5, 5.41) is 4.69. The van der Waals surface area contributed by atoms with Crippen LogP contribution in [-0.2, 0) is 11.4 Å². The summed E-state index contributed by atoms with van der Waals surface area (Å²) < 4.78 is 2.29. The lowest BCUT2D eigenvalue weighted by Gasteiger charge is -2.14. The molecule has 0 spiro atoms. The van der Waals surface area contributed by atoms with Crippen LogP contribution in [0.5, 0.6) is 0 Å². The molecule has 0 saturated carbocycles. The number of carbonyl (C=O) groups excluding carboxylic acids is 1. The Morgan fingerprint density at radius 3 is 2.12 bits per heavy atom. The highest BCUT2D eigenvalue weighted by molar-refractivity contribution is 9.10. The van der Waals surface area contributed by atoms with Crippen molar-refractivity contribution in [3.63, 3.8) is 0 Å². The molecule has 1 heterocycles. The van der Waals surface area contributed by atoms with Crippen LogP contribution in [0.15, 0.2) is 95.5 Å². The standard InChI is InChI=1S/C26H24BrN3O2/c1-19(29-32-18-20-11-5-2-6-12-20)17-23(31)30-26(22-15-9-4-10-16-22)24(27)25(28-30)21-13-7-3-8-14-21/h2-16,19,29H,17-18H2,1H3/t19-/m0/s1. The predicted octanol–water partition coefficient (Wildman–Crippen LogP) is 6.12. The molecule has 5 nitrogen and oxygen atoms in total.